The average Bonchev–Trinajstić information content (AvgIpc) is 2.90. The zero-order chi connectivity index (χ0) is 23.5. The van der Waals surface area contributed by atoms with Gasteiger partial charge in [-0.05, 0) is 77.2 Å². The van der Waals surface area contributed by atoms with Crippen molar-refractivity contribution in [3.8, 4) is 34.1 Å². The van der Waals surface area contributed by atoms with Crippen molar-refractivity contribution in [1.82, 2.24) is 0 Å². The van der Waals surface area contributed by atoms with Crippen molar-refractivity contribution in [3.05, 3.63) is 108 Å². The molecule has 0 radical (unpaired) electrons. The van der Waals surface area contributed by atoms with Gasteiger partial charge in [0.15, 0.2) is 0 Å². The van der Waals surface area contributed by atoms with Crippen molar-refractivity contribution in [2.75, 3.05) is 28.4 Å². The van der Waals surface area contributed by atoms with Crippen LogP contribution in [0.25, 0.3) is 11.1 Å². The SMILES string of the molecule is COc1ccc(-c2ccc(OC)cc2)cc1.COc1ccc(Cc2ccc(OC)cc2)cc1. The van der Waals surface area contributed by atoms with Gasteiger partial charge in [-0.1, -0.05) is 48.5 Å². The normalized spacial score (nSPS) is 9.94. The van der Waals surface area contributed by atoms with Gasteiger partial charge >= 0.3 is 0 Å². The molecule has 0 unspecified atom stereocenters. The summed E-state index contributed by atoms with van der Waals surface area (Å²) in [6, 6.07) is 32.3. The second-order valence-corrected chi connectivity index (χ2v) is 7.33. The zero-order valence-electron chi connectivity index (χ0n) is 19.6. The molecule has 0 spiro atoms. The molecule has 0 N–H and O–H groups in total. The highest BCUT2D eigenvalue weighted by molar-refractivity contribution is 5.64. The first-order valence-electron chi connectivity index (χ1n) is 10.7. The summed E-state index contributed by atoms with van der Waals surface area (Å²) < 4.78 is 20.5. The van der Waals surface area contributed by atoms with E-state index in [1.54, 1.807) is 28.4 Å². The second-order valence-electron chi connectivity index (χ2n) is 7.33. The molecule has 0 aromatic heterocycles. The van der Waals surface area contributed by atoms with Crippen LogP contribution in [0.4, 0.5) is 0 Å². The molecule has 4 aromatic carbocycles. The molecular weight excluding hydrogens is 412 g/mol. The first-order valence-corrected chi connectivity index (χ1v) is 10.7. The van der Waals surface area contributed by atoms with Gasteiger partial charge in [0.2, 0.25) is 0 Å². The molecule has 0 heterocycles. The van der Waals surface area contributed by atoms with Crippen LogP contribution in [0.3, 0.4) is 0 Å². The van der Waals surface area contributed by atoms with Crippen LogP contribution in [0.2, 0.25) is 0 Å². The molecule has 0 aliphatic heterocycles. The minimum atomic E-state index is 0.872. The van der Waals surface area contributed by atoms with Crippen LogP contribution in [0.5, 0.6) is 23.0 Å². The Bertz CT molecular complexity index is 993. The maximum atomic E-state index is 5.13. The summed E-state index contributed by atoms with van der Waals surface area (Å²) in [7, 11) is 6.70. The maximum absolute atomic E-state index is 5.13. The third-order valence-electron chi connectivity index (χ3n) is 5.24. The molecule has 0 bridgehead atoms. The molecule has 170 valence electrons. The van der Waals surface area contributed by atoms with E-state index in [9.17, 15) is 0 Å². The van der Waals surface area contributed by atoms with Gasteiger partial charge < -0.3 is 18.9 Å². The first kappa shape index (κ1) is 23.7. The van der Waals surface area contributed by atoms with Gasteiger partial charge in [0.25, 0.3) is 0 Å². The molecular formula is C29H30O4. The Morgan fingerprint density at radius 2 is 0.606 bits per heavy atom. The van der Waals surface area contributed by atoms with Crippen molar-refractivity contribution < 1.29 is 18.9 Å². The van der Waals surface area contributed by atoms with E-state index >= 15 is 0 Å². The number of benzene rings is 4. The van der Waals surface area contributed by atoms with Crippen LogP contribution in [-0.4, -0.2) is 28.4 Å². The van der Waals surface area contributed by atoms with E-state index < -0.39 is 0 Å². The predicted octanol–water partition coefficient (Wildman–Crippen LogP) is 6.67. The lowest BCUT2D eigenvalue weighted by atomic mass is 10.0. The summed E-state index contributed by atoms with van der Waals surface area (Å²) in [6.07, 6.45) is 0.925. The molecule has 0 fully saturated rings. The highest BCUT2D eigenvalue weighted by Crippen LogP contribution is 2.24. The van der Waals surface area contributed by atoms with Crippen LogP contribution >= 0.6 is 0 Å². The maximum Gasteiger partial charge on any atom is 0.118 e. The average molecular weight is 443 g/mol. The highest BCUT2D eigenvalue weighted by atomic mass is 16.5. The van der Waals surface area contributed by atoms with Gasteiger partial charge in [-0.3, -0.25) is 0 Å². The fourth-order valence-electron chi connectivity index (χ4n) is 3.29. The summed E-state index contributed by atoms with van der Waals surface area (Å²) in [4.78, 5) is 0. The first-order chi connectivity index (χ1) is 16.1. The van der Waals surface area contributed by atoms with E-state index in [-0.39, 0.29) is 0 Å². The van der Waals surface area contributed by atoms with Crippen LogP contribution in [-0.2, 0) is 6.42 Å². The van der Waals surface area contributed by atoms with Crippen LogP contribution in [0.1, 0.15) is 11.1 Å². The van der Waals surface area contributed by atoms with Crippen molar-refractivity contribution in [2.24, 2.45) is 0 Å². The summed E-state index contributed by atoms with van der Waals surface area (Å²) in [5, 5.41) is 0. The Balaban J connectivity index is 0.000000186. The fourth-order valence-corrected chi connectivity index (χ4v) is 3.29. The standard InChI is InChI=1S/C15H16O2.C14H14O2/c1-16-14-7-3-12(4-8-14)11-13-5-9-15(17-2)10-6-13;1-15-13-7-3-11(4-8-13)12-5-9-14(16-2)10-6-12/h3-10H,11H2,1-2H3;3-10H,1-2H3. The summed E-state index contributed by atoms with van der Waals surface area (Å²) in [5.74, 6) is 3.53. The molecule has 0 aliphatic carbocycles. The quantitative estimate of drug-likeness (QED) is 0.320. The zero-order valence-corrected chi connectivity index (χ0v) is 19.6. The van der Waals surface area contributed by atoms with E-state index in [1.807, 2.05) is 72.8 Å². The number of ether oxygens (including phenoxy) is 4. The lowest BCUT2D eigenvalue weighted by Gasteiger charge is -2.05. The van der Waals surface area contributed by atoms with Crippen molar-refractivity contribution in [1.29, 1.82) is 0 Å². The van der Waals surface area contributed by atoms with E-state index in [1.165, 1.54) is 22.3 Å². The molecule has 0 amide bonds. The number of rotatable bonds is 7. The molecule has 4 nitrogen and oxygen atoms in total. The molecule has 4 aromatic rings. The van der Waals surface area contributed by atoms with Gasteiger partial charge in [-0.15, -0.1) is 0 Å². The Morgan fingerprint density at radius 3 is 0.848 bits per heavy atom. The minimum absolute atomic E-state index is 0.872. The molecule has 4 heteroatoms. The van der Waals surface area contributed by atoms with Crippen LogP contribution < -0.4 is 18.9 Å². The van der Waals surface area contributed by atoms with E-state index in [2.05, 4.69) is 24.3 Å². The monoisotopic (exact) mass is 442 g/mol. The molecule has 0 atom stereocenters. The third-order valence-corrected chi connectivity index (χ3v) is 5.24. The topological polar surface area (TPSA) is 36.9 Å². The Hall–Kier alpha value is -3.92. The summed E-state index contributed by atoms with van der Waals surface area (Å²) in [6.45, 7) is 0. The minimum Gasteiger partial charge on any atom is -0.497 e. The van der Waals surface area contributed by atoms with E-state index in [0.29, 0.717) is 0 Å². The Morgan fingerprint density at radius 1 is 0.364 bits per heavy atom. The van der Waals surface area contributed by atoms with Gasteiger partial charge in [0.1, 0.15) is 23.0 Å². The molecule has 0 aliphatic rings. The number of methoxy groups -OCH3 is 4. The lowest BCUT2D eigenvalue weighted by molar-refractivity contribution is 0.414. The van der Waals surface area contributed by atoms with Crippen molar-refractivity contribution in [2.45, 2.75) is 6.42 Å². The van der Waals surface area contributed by atoms with Crippen LogP contribution in [0.15, 0.2) is 97.1 Å². The fraction of sp³-hybridized carbons (Fsp3) is 0.172. The van der Waals surface area contributed by atoms with Gasteiger partial charge in [0, 0.05) is 0 Å². The third kappa shape index (κ3) is 7.04. The molecule has 0 saturated heterocycles. The Labute approximate surface area is 196 Å². The predicted molar refractivity (Wildman–Crippen MR) is 134 cm³/mol. The highest BCUT2D eigenvalue weighted by Gasteiger charge is 1.99. The lowest BCUT2D eigenvalue weighted by Crippen LogP contribution is -1.89. The van der Waals surface area contributed by atoms with Gasteiger partial charge in [-0.2, -0.15) is 0 Å². The summed E-state index contributed by atoms with van der Waals surface area (Å²) >= 11 is 0. The van der Waals surface area contributed by atoms with Gasteiger partial charge in [-0.25, -0.2) is 0 Å². The van der Waals surface area contributed by atoms with Crippen LogP contribution in [0, 0.1) is 0 Å². The molecule has 0 saturated carbocycles. The smallest absolute Gasteiger partial charge is 0.118 e. The second kappa shape index (κ2) is 12.2. The molecule has 33 heavy (non-hydrogen) atoms. The largest absolute Gasteiger partial charge is 0.497 e. The number of hydrogen-bond donors (Lipinski definition) is 0. The van der Waals surface area contributed by atoms with Crippen molar-refractivity contribution in [3.63, 3.8) is 0 Å². The van der Waals surface area contributed by atoms with E-state index in [0.717, 1.165) is 29.4 Å². The summed E-state index contributed by atoms with van der Waals surface area (Å²) in [5.41, 5.74) is 4.89. The van der Waals surface area contributed by atoms with Gasteiger partial charge in [0.05, 0.1) is 28.4 Å². The van der Waals surface area contributed by atoms with Crippen molar-refractivity contribution >= 4 is 0 Å². The number of hydrogen-bond acceptors (Lipinski definition) is 4. The van der Waals surface area contributed by atoms with E-state index in [4.69, 9.17) is 18.9 Å². The molecule has 4 rings (SSSR count). The Kier molecular flexibility index (Phi) is 8.78.